The summed E-state index contributed by atoms with van der Waals surface area (Å²) in [5, 5.41) is 54.2. The Balaban J connectivity index is 2.04. The molecule has 1 aliphatic rings. The van der Waals surface area contributed by atoms with Crippen LogP contribution < -0.4 is 5.32 Å². The molecule has 7 atom stereocenters. The fourth-order valence-corrected chi connectivity index (χ4v) is 9.49. The Morgan fingerprint density at radius 3 is 1.35 bits per heavy atom. The van der Waals surface area contributed by atoms with Crippen molar-refractivity contribution in [2.24, 2.45) is 0 Å². The molecule has 0 aromatic rings. The number of ether oxygens (including phenoxy) is 3. The third-order valence-corrected chi connectivity index (χ3v) is 14.3. The fourth-order valence-electron chi connectivity index (χ4n) is 9.49. The Kier molecular flexibility index (Phi) is 47.6. The maximum atomic E-state index is 13.0. The summed E-state index contributed by atoms with van der Waals surface area (Å²) in [4.78, 5) is 25.0. The topological polar surface area (TPSA) is 175 Å². The van der Waals surface area contributed by atoms with Crippen molar-refractivity contribution in [2.45, 2.75) is 326 Å². The predicted molar refractivity (Wildman–Crippen MR) is 292 cm³/mol. The van der Waals surface area contributed by atoms with Crippen LogP contribution in [0.4, 0.5) is 0 Å². The van der Waals surface area contributed by atoms with Gasteiger partial charge in [0.05, 0.1) is 32.0 Å². The van der Waals surface area contributed by atoms with Gasteiger partial charge in [-0.25, -0.2) is 0 Å². The summed E-state index contributed by atoms with van der Waals surface area (Å²) in [7, 11) is 0. The summed E-state index contributed by atoms with van der Waals surface area (Å²) in [6.45, 7) is 4.32. The zero-order chi connectivity index (χ0) is 51.7. The second-order valence-electron chi connectivity index (χ2n) is 21.1. The van der Waals surface area contributed by atoms with E-state index in [0.29, 0.717) is 19.4 Å². The van der Waals surface area contributed by atoms with Gasteiger partial charge in [0.25, 0.3) is 0 Å². The van der Waals surface area contributed by atoms with Crippen LogP contribution in [-0.2, 0) is 23.8 Å². The van der Waals surface area contributed by atoms with Gasteiger partial charge in [0.15, 0.2) is 6.29 Å². The summed E-state index contributed by atoms with van der Waals surface area (Å²) < 4.78 is 16.7. The molecule has 0 bridgehead atoms. The Morgan fingerprint density at radius 2 is 0.901 bits per heavy atom. The van der Waals surface area contributed by atoms with Crippen LogP contribution in [0.1, 0.15) is 284 Å². The summed E-state index contributed by atoms with van der Waals surface area (Å²) in [6.07, 6.45) is 49.9. The first-order valence-corrected chi connectivity index (χ1v) is 30.1. The van der Waals surface area contributed by atoms with Gasteiger partial charge >= 0.3 is 5.97 Å². The molecule has 0 saturated carbocycles. The minimum absolute atomic E-state index is 0.00282. The highest BCUT2D eigenvalue weighted by atomic mass is 16.7. The summed E-state index contributed by atoms with van der Waals surface area (Å²) >= 11 is 0. The van der Waals surface area contributed by atoms with Crippen molar-refractivity contribution in [2.75, 3.05) is 19.8 Å². The normalized spacial score (nSPS) is 19.2. The average molecular weight is 1010 g/mol. The van der Waals surface area contributed by atoms with E-state index in [9.17, 15) is 35.1 Å². The zero-order valence-electron chi connectivity index (χ0n) is 45.9. The van der Waals surface area contributed by atoms with Crippen LogP contribution in [0.5, 0.6) is 0 Å². The third-order valence-electron chi connectivity index (χ3n) is 14.3. The first-order valence-electron chi connectivity index (χ1n) is 30.1. The molecule has 0 aromatic carbocycles. The van der Waals surface area contributed by atoms with Crippen molar-refractivity contribution in [1.82, 2.24) is 5.32 Å². The Bertz CT molecular complexity index is 1230. The number of amides is 1. The molecule has 71 heavy (non-hydrogen) atoms. The zero-order valence-corrected chi connectivity index (χ0v) is 45.9. The second kappa shape index (κ2) is 50.3. The van der Waals surface area contributed by atoms with E-state index in [2.05, 4.69) is 31.3 Å². The summed E-state index contributed by atoms with van der Waals surface area (Å²) in [6, 6.07) is -0.813. The van der Waals surface area contributed by atoms with Gasteiger partial charge in [-0.05, 0) is 57.8 Å². The maximum absolute atomic E-state index is 13.0. The van der Waals surface area contributed by atoms with Gasteiger partial charge in [0.1, 0.15) is 24.4 Å². The largest absolute Gasteiger partial charge is 0.466 e. The molecule has 11 nitrogen and oxygen atoms in total. The fraction of sp³-hybridized carbons (Fsp3) is 0.900. The number of hydrogen-bond acceptors (Lipinski definition) is 10. The molecule has 1 amide bonds. The molecule has 0 radical (unpaired) electrons. The third kappa shape index (κ3) is 40.2. The number of carbonyl (C=O) groups is 2. The number of esters is 1. The van der Waals surface area contributed by atoms with E-state index in [1.54, 1.807) is 6.08 Å². The van der Waals surface area contributed by atoms with Gasteiger partial charge in [-0.3, -0.25) is 9.59 Å². The Labute approximate surface area is 435 Å². The van der Waals surface area contributed by atoms with Gasteiger partial charge in [-0.2, -0.15) is 0 Å². The molecule has 1 saturated heterocycles. The van der Waals surface area contributed by atoms with Gasteiger partial charge in [-0.15, -0.1) is 0 Å². The lowest BCUT2D eigenvalue weighted by atomic mass is 9.99. The molecule has 0 aromatic heterocycles. The van der Waals surface area contributed by atoms with E-state index in [1.807, 2.05) is 6.08 Å². The van der Waals surface area contributed by atoms with Crippen molar-refractivity contribution in [1.29, 1.82) is 0 Å². The van der Waals surface area contributed by atoms with Crippen molar-refractivity contribution in [3.05, 3.63) is 24.3 Å². The van der Waals surface area contributed by atoms with Crippen molar-refractivity contribution in [3.63, 3.8) is 0 Å². The van der Waals surface area contributed by atoms with Gasteiger partial charge < -0.3 is 45.1 Å². The predicted octanol–water partition coefficient (Wildman–Crippen LogP) is 13.7. The molecule has 1 fully saturated rings. The summed E-state index contributed by atoms with van der Waals surface area (Å²) in [5.41, 5.74) is 0. The smallest absolute Gasteiger partial charge is 0.305 e. The Hall–Kier alpha value is -1.86. The van der Waals surface area contributed by atoms with Gasteiger partial charge in [0.2, 0.25) is 5.91 Å². The summed E-state index contributed by atoms with van der Waals surface area (Å²) in [5.74, 6) is -0.192. The van der Waals surface area contributed by atoms with Crippen LogP contribution in [-0.4, -0.2) is 100 Å². The van der Waals surface area contributed by atoms with Crippen LogP contribution in [0.25, 0.3) is 0 Å². The standard InChI is InChI=1S/C60H113NO10/c1-3-5-7-9-11-13-27-32-36-40-44-48-56(65)69-49-45-41-37-33-29-26-24-22-20-18-16-15-17-19-21-23-25-28-31-35-39-43-47-55(64)61-52(51-70-60-59(68)58(67)57(66)54(50-62)71-60)53(63)46-42-38-34-30-14-12-10-8-6-4-2/h17,19,42,46,52-54,57-60,62-63,66-68H,3-16,18,20-41,43-45,47-51H2,1-2H3,(H,61,64)/b19-17-,46-42+. The molecule has 1 rings (SSSR count). The van der Waals surface area contributed by atoms with Crippen LogP contribution in [0.2, 0.25) is 0 Å². The van der Waals surface area contributed by atoms with E-state index in [-0.39, 0.29) is 18.5 Å². The SMILES string of the molecule is CCCCCCCCCC/C=C/C(O)C(COC1OC(CO)C(O)C(O)C1O)NC(=O)CCCCCCCCC/C=C\CCCCCCCCCCCCCOC(=O)CCCCCCCCCCCCC. The molecule has 1 aliphatic heterocycles. The van der Waals surface area contributed by atoms with E-state index in [1.165, 1.54) is 186 Å². The van der Waals surface area contributed by atoms with Crippen molar-refractivity contribution >= 4 is 11.9 Å². The minimum Gasteiger partial charge on any atom is -0.466 e. The maximum Gasteiger partial charge on any atom is 0.305 e. The van der Waals surface area contributed by atoms with E-state index >= 15 is 0 Å². The number of carbonyl (C=O) groups excluding carboxylic acids is 2. The van der Waals surface area contributed by atoms with E-state index in [4.69, 9.17) is 14.2 Å². The molecule has 11 heteroatoms. The van der Waals surface area contributed by atoms with Crippen LogP contribution in [0.3, 0.4) is 0 Å². The van der Waals surface area contributed by atoms with Crippen LogP contribution >= 0.6 is 0 Å². The molecular weight excluding hydrogens is 895 g/mol. The molecule has 1 heterocycles. The lowest BCUT2D eigenvalue weighted by Crippen LogP contribution is -2.60. The molecule has 0 aliphatic carbocycles. The van der Waals surface area contributed by atoms with Crippen molar-refractivity contribution < 1.29 is 49.3 Å². The average Bonchev–Trinajstić information content (AvgIpc) is 3.37. The number of aliphatic hydroxyl groups is 5. The highest BCUT2D eigenvalue weighted by molar-refractivity contribution is 5.76. The first-order chi connectivity index (χ1) is 34.7. The molecule has 0 spiro atoms. The quantitative estimate of drug-likeness (QED) is 0.0195. The Morgan fingerprint density at radius 1 is 0.507 bits per heavy atom. The number of rotatable bonds is 52. The second-order valence-corrected chi connectivity index (χ2v) is 21.1. The highest BCUT2D eigenvalue weighted by Gasteiger charge is 2.44. The van der Waals surface area contributed by atoms with E-state index < -0.39 is 49.5 Å². The molecular formula is C60H113NO10. The lowest BCUT2D eigenvalue weighted by Gasteiger charge is -2.40. The first kappa shape index (κ1) is 67.2. The molecule has 7 unspecified atom stereocenters. The lowest BCUT2D eigenvalue weighted by molar-refractivity contribution is -0.302. The number of hydrogen-bond donors (Lipinski definition) is 6. The van der Waals surface area contributed by atoms with Crippen LogP contribution in [0.15, 0.2) is 24.3 Å². The van der Waals surface area contributed by atoms with Crippen molar-refractivity contribution in [3.8, 4) is 0 Å². The van der Waals surface area contributed by atoms with Gasteiger partial charge in [0, 0.05) is 12.8 Å². The number of allylic oxidation sites excluding steroid dienone is 3. The number of nitrogens with one attached hydrogen (secondary N) is 1. The number of unbranched alkanes of at least 4 members (excludes halogenated alkanes) is 36. The van der Waals surface area contributed by atoms with Gasteiger partial charge in [-0.1, -0.05) is 237 Å². The van der Waals surface area contributed by atoms with Crippen LogP contribution in [0, 0.1) is 0 Å². The molecule has 418 valence electrons. The molecule has 6 N–H and O–H groups in total. The monoisotopic (exact) mass is 1010 g/mol. The highest BCUT2D eigenvalue weighted by Crippen LogP contribution is 2.23. The van der Waals surface area contributed by atoms with E-state index in [0.717, 1.165) is 70.6 Å². The number of aliphatic hydroxyl groups excluding tert-OH is 5. The minimum atomic E-state index is -1.57.